The lowest BCUT2D eigenvalue weighted by atomic mass is 10.2. The molecule has 60 valence electrons. The van der Waals surface area contributed by atoms with Crippen LogP contribution in [0.5, 0.6) is 0 Å². The molecule has 0 aromatic rings. The van der Waals surface area contributed by atoms with E-state index in [9.17, 15) is 9.90 Å². The molecule has 2 heterocycles. The van der Waals surface area contributed by atoms with E-state index in [2.05, 4.69) is 0 Å². The lowest BCUT2D eigenvalue weighted by Gasteiger charge is -2.41. The summed E-state index contributed by atoms with van der Waals surface area (Å²) in [6, 6.07) is 0. The van der Waals surface area contributed by atoms with Gasteiger partial charge in [-0.05, 0) is 6.92 Å². The number of fused-ring (bicyclic) bond motifs is 1. The maximum Gasteiger partial charge on any atom is 0.230 e. The summed E-state index contributed by atoms with van der Waals surface area (Å²) in [5, 5.41) is 9.69. The first kappa shape index (κ1) is 7.03. The zero-order valence-electron chi connectivity index (χ0n) is 6.15. The van der Waals surface area contributed by atoms with E-state index in [4.69, 9.17) is 0 Å². The molecule has 0 radical (unpaired) electrons. The zero-order valence-corrected chi connectivity index (χ0v) is 6.97. The predicted molar refractivity (Wildman–Crippen MR) is 43.0 cm³/mol. The van der Waals surface area contributed by atoms with Crippen molar-refractivity contribution in [1.82, 2.24) is 4.90 Å². The highest BCUT2D eigenvalue weighted by Gasteiger charge is 2.40. The fourth-order valence-corrected chi connectivity index (χ4v) is 2.44. The van der Waals surface area contributed by atoms with Crippen LogP contribution in [0.1, 0.15) is 13.3 Å². The molecule has 11 heavy (non-hydrogen) atoms. The number of hydrogen-bond acceptors (Lipinski definition) is 3. The molecule has 0 aliphatic carbocycles. The van der Waals surface area contributed by atoms with Crippen LogP contribution < -0.4 is 0 Å². The maximum atomic E-state index is 10.9. The summed E-state index contributed by atoms with van der Waals surface area (Å²) in [5.74, 6) is 0.417. The van der Waals surface area contributed by atoms with Crippen LogP contribution in [0.4, 0.5) is 0 Å². The van der Waals surface area contributed by atoms with Crippen LogP contribution in [0.15, 0.2) is 12.0 Å². The molecule has 1 fully saturated rings. The van der Waals surface area contributed by atoms with Crippen molar-refractivity contribution in [3.63, 3.8) is 0 Å². The van der Waals surface area contributed by atoms with E-state index in [-0.39, 0.29) is 16.5 Å². The third-order valence-corrected chi connectivity index (χ3v) is 3.35. The third kappa shape index (κ3) is 0.929. The SMILES string of the molecule is CC1S[C@@H]2CC(=O)N2C=C1O. The number of carbonyl (C=O) groups is 1. The van der Waals surface area contributed by atoms with E-state index in [0.717, 1.165) is 0 Å². The van der Waals surface area contributed by atoms with E-state index in [1.54, 1.807) is 22.9 Å². The third-order valence-electron chi connectivity index (χ3n) is 2.00. The van der Waals surface area contributed by atoms with Crippen molar-refractivity contribution in [2.45, 2.75) is 24.0 Å². The Morgan fingerprint density at radius 3 is 3.18 bits per heavy atom. The summed E-state index contributed by atoms with van der Waals surface area (Å²) < 4.78 is 0. The van der Waals surface area contributed by atoms with Gasteiger partial charge in [0.2, 0.25) is 5.91 Å². The average molecular weight is 171 g/mol. The van der Waals surface area contributed by atoms with Crippen LogP contribution >= 0.6 is 11.8 Å². The van der Waals surface area contributed by atoms with Crippen molar-refractivity contribution in [3.05, 3.63) is 12.0 Å². The number of rotatable bonds is 0. The minimum atomic E-state index is 0.112. The van der Waals surface area contributed by atoms with Gasteiger partial charge in [0.05, 0.1) is 17.0 Å². The quantitative estimate of drug-likeness (QED) is 0.554. The molecule has 1 amide bonds. The van der Waals surface area contributed by atoms with Crippen LogP contribution in [-0.4, -0.2) is 26.5 Å². The van der Waals surface area contributed by atoms with Gasteiger partial charge in [0.1, 0.15) is 5.76 Å². The predicted octanol–water partition coefficient (Wildman–Crippen LogP) is 1.08. The Hall–Kier alpha value is -0.640. The number of thioether (sulfide) groups is 1. The van der Waals surface area contributed by atoms with Gasteiger partial charge >= 0.3 is 0 Å². The molecule has 0 saturated carbocycles. The first-order valence-electron chi connectivity index (χ1n) is 3.56. The van der Waals surface area contributed by atoms with Gasteiger partial charge in [-0.15, -0.1) is 11.8 Å². The molecule has 0 bridgehead atoms. The Kier molecular flexibility index (Phi) is 1.39. The van der Waals surface area contributed by atoms with Gasteiger partial charge < -0.3 is 10.0 Å². The summed E-state index contributed by atoms with van der Waals surface area (Å²) >= 11 is 1.63. The van der Waals surface area contributed by atoms with Gasteiger partial charge in [0, 0.05) is 6.20 Å². The van der Waals surface area contributed by atoms with Gasteiger partial charge in [-0.25, -0.2) is 0 Å². The fraction of sp³-hybridized carbons (Fsp3) is 0.571. The highest BCUT2D eigenvalue weighted by molar-refractivity contribution is 8.00. The molecule has 2 aliphatic heterocycles. The first-order valence-corrected chi connectivity index (χ1v) is 4.50. The molecule has 0 aromatic heterocycles. The Bertz CT molecular complexity index is 239. The molecule has 1 unspecified atom stereocenters. The van der Waals surface area contributed by atoms with Crippen LogP contribution in [0, 0.1) is 0 Å². The second kappa shape index (κ2) is 2.17. The molecule has 1 N–H and O–H groups in total. The summed E-state index contributed by atoms with van der Waals surface area (Å²) in [4.78, 5) is 12.5. The monoisotopic (exact) mass is 171 g/mol. The molecule has 1 saturated heterocycles. The molecule has 0 aromatic carbocycles. The standard InChI is InChI=1S/C7H9NO2S/c1-4-5(9)3-8-6(10)2-7(8)11-4/h3-4,7,9H,2H2,1H3/t4?,7-/m1/s1. The topological polar surface area (TPSA) is 40.5 Å². The molecule has 2 aliphatic rings. The summed E-state index contributed by atoms with van der Waals surface area (Å²) in [5.41, 5.74) is 0. The van der Waals surface area contributed by atoms with Crippen molar-refractivity contribution in [3.8, 4) is 0 Å². The summed E-state index contributed by atoms with van der Waals surface area (Å²) in [7, 11) is 0. The Morgan fingerprint density at radius 1 is 1.82 bits per heavy atom. The molecule has 0 spiro atoms. The lowest BCUT2D eigenvalue weighted by molar-refractivity contribution is -0.137. The molecule has 4 heteroatoms. The number of β-lactam (4-membered cyclic amide) rings is 1. The fourth-order valence-electron chi connectivity index (χ4n) is 1.22. The number of carbonyl (C=O) groups excluding carboxylic acids is 1. The van der Waals surface area contributed by atoms with Crippen molar-refractivity contribution < 1.29 is 9.90 Å². The van der Waals surface area contributed by atoms with Crippen LogP contribution in [0.3, 0.4) is 0 Å². The number of amides is 1. The Morgan fingerprint density at radius 2 is 2.55 bits per heavy atom. The van der Waals surface area contributed by atoms with Crippen molar-refractivity contribution in [2.75, 3.05) is 0 Å². The minimum absolute atomic E-state index is 0.112. The highest BCUT2D eigenvalue weighted by atomic mass is 32.2. The average Bonchev–Trinajstić information content (AvgIpc) is 1.97. The normalized spacial score (nSPS) is 35.9. The highest BCUT2D eigenvalue weighted by Crippen LogP contribution is 2.38. The molecule has 2 atom stereocenters. The second-order valence-corrected chi connectivity index (χ2v) is 4.32. The van der Waals surface area contributed by atoms with Gasteiger partial charge in [-0.3, -0.25) is 4.79 Å². The van der Waals surface area contributed by atoms with Crippen LogP contribution in [0.2, 0.25) is 0 Å². The second-order valence-electron chi connectivity index (χ2n) is 2.79. The number of aliphatic hydroxyl groups is 1. The van der Waals surface area contributed by atoms with Gasteiger partial charge in [0.25, 0.3) is 0 Å². The largest absolute Gasteiger partial charge is 0.510 e. The van der Waals surface area contributed by atoms with Crippen molar-refractivity contribution in [2.24, 2.45) is 0 Å². The summed E-state index contributed by atoms with van der Waals surface area (Å²) in [6.45, 7) is 1.94. The van der Waals surface area contributed by atoms with Crippen LogP contribution in [0.25, 0.3) is 0 Å². The smallest absolute Gasteiger partial charge is 0.230 e. The van der Waals surface area contributed by atoms with E-state index < -0.39 is 0 Å². The minimum Gasteiger partial charge on any atom is -0.510 e. The molecular formula is C7H9NO2S. The van der Waals surface area contributed by atoms with E-state index in [1.165, 1.54) is 0 Å². The number of nitrogens with zero attached hydrogens (tertiary/aromatic N) is 1. The molecule has 3 nitrogen and oxygen atoms in total. The Balaban J connectivity index is 2.21. The van der Waals surface area contributed by atoms with Crippen LogP contribution in [-0.2, 0) is 4.79 Å². The molecule has 2 rings (SSSR count). The van der Waals surface area contributed by atoms with E-state index >= 15 is 0 Å². The molecular weight excluding hydrogens is 162 g/mol. The van der Waals surface area contributed by atoms with E-state index in [0.29, 0.717) is 12.2 Å². The Labute approximate surface area is 69.1 Å². The van der Waals surface area contributed by atoms with Gasteiger partial charge in [-0.2, -0.15) is 0 Å². The first-order chi connectivity index (χ1) is 5.18. The zero-order chi connectivity index (χ0) is 8.01. The van der Waals surface area contributed by atoms with Crippen molar-refractivity contribution in [1.29, 1.82) is 0 Å². The van der Waals surface area contributed by atoms with Gasteiger partial charge in [-0.1, -0.05) is 0 Å². The van der Waals surface area contributed by atoms with Crippen molar-refractivity contribution >= 4 is 17.7 Å². The lowest BCUT2D eigenvalue weighted by Crippen LogP contribution is -2.50. The maximum absolute atomic E-state index is 10.9. The van der Waals surface area contributed by atoms with E-state index in [1.807, 2.05) is 6.92 Å². The number of aliphatic hydroxyl groups excluding tert-OH is 1. The number of hydrogen-bond donors (Lipinski definition) is 1. The summed E-state index contributed by atoms with van der Waals surface area (Å²) in [6.07, 6.45) is 2.18. The van der Waals surface area contributed by atoms with Gasteiger partial charge in [0.15, 0.2) is 0 Å².